The molecular weight excluding hydrogens is 238 g/mol. The lowest BCUT2D eigenvalue weighted by atomic mass is 10.3. The van der Waals surface area contributed by atoms with Crippen molar-refractivity contribution < 1.29 is 13.9 Å². The van der Waals surface area contributed by atoms with Crippen LogP contribution < -0.4 is 0 Å². The van der Waals surface area contributed by atoms with Crippen LogP contribution in [0.25, 0.3) is 11.1 Å². The highest BCUT2D eigenvalue weighted by Crippen LogP contribution is 2.18. The molecule has 0 N–H and O–H groups in total. The van der Waals surface area contributed by atoms with Crippen molar-refractivity contribution in [3.05, 3.63) is 30.2 Å². The SMILES string of the molecule is CCOC(=O)CSCc1nc2ccccc2o1. The number of carbonyl (C=O) groups is 1. The van der Waals surface area contributed by atoms with Gasteiger partial charge in [0.2, 0.25) is 5.89 Å². The number of nitrogens with zero attached hydrogens (tertiary/aromatic N) is 1. The molecule has 0 saturated carbocycles. The number of fused-ring (bicyclic) bond motifs is 1. The molecule has 1 heterocycles. The van der Waals surface area contributed by atoms with Crippen LogP contribution in [0.3, 0.4) is 0 Å². The Morgan fingerprint density at radius 2 is 2.29 bits per heavy atom. The third-order valence-electron chi connectivity index (χ3n) is 2.09. The van der Waals surface area contributed by atoms with E-state index in [4.69, 9.17) is 9.15 Å². The molecule has 4 nitrogen and oxygen atoms in total. The van der Waals surface area contributed by atoms with E-state index in [9.17, 15) is 4.79 Å². The van der Waals surface area contributed by atoms with E-state index in [0.29, 0.717) is 24.0 Å². The van der Waals surface area contributed by atoms with Gasteiger partial charge in [-0.3, -0.25) is 4.79 Å². The first kappa shape index (κ1) is 12.0. The first-order valence-corrected chi connectivity index (χ1v) is 6.53. The molecule has 0 aliphatic heterocycles. The fraction of sp³-hybridized carbons (Fsp3) is 0.333. The summed E-state index contributed by atoms with van der Waals surface area (Å²) in [4.78, 5) is 15.4. The number of ether oxygens (including phenoxy) is 1. The molecule has 0 amide bonds. The Bertz CT molecular complexity index is 476. The summed E-state index contributed by atoms with van der Waals surface area (Å²) in [7, 11) is 0. The van der Waals surface area contributed by atoms with Crippen LogP contribution in [0.15, 0.2) is 28.7 Å². The van der Waals surface area contributed by atoms with Gasteiger partial charge in [-0.15, -0.1) is 11.8 Å². The maximum Gasteiger partial charge on any atom is 0.315 e. The molecule has 0 unspecified atom stereocenters. The lowest BCUT2D eigenvalue weighted by molar-refractivity contribution is -0.139. The molecule has 0 fully saturated rings. The molecule has 2 aromatic rings. The number of oxazole rings is 1. The van der Waals surface area contributed by atoms with Crippen molar-refractivity contribution >= 4 is 28.8 Å². The summed E-state index contributed by atoms with van der Waals surface area (Å²) in [5, 5.41) is 0. The Labute approximate surface area is 103 Å². The summed E-state index contributed by atoms with van der Waals surface area (Å²) in [5.41, 5.74) is 1.62. The standard InChI is InChI=1S/C12H13NO3S/c1-2-15-12(14)8-17-7-11-13-9-5-3-4-6-10(9)16-11/h3-6H,2,7-8H2,1H3. The lowest BCUT2D eigenvalue weighted by Crippen LogP contribution is -2.06. The van der Waals surface area contributed by atoms with E-state index >= 15 is 0 Å². The van der Waals surface area contributed by atoms with Gasteiger partial charge in [-0.05, 0) is 19.1 Å². The van der Waals surface area contributed by atoms with Gasteiger partial charge in [0.1, 0.15) is 5.52 Å². The zero-order chi connectivity index (χ0) is 12.1. The summed E-state index contributed by atoms with van der Waals surface area (Å²) in [6.07, 6.45) is 0. The Morgan fingerprint density at radius 1 is 1.47 bits per heavy atom. The van der Waals surface area contributed by atoms with Crippen LogP contribution in [-0.4, -0.2) is 23.3 Å². The fourth-order valence-electron chi connectivity index (χ4n) is 1.41. The molecule has 2 rings (SSSR count). The zero-order valence-electron chi connectivity index (χ0n) is 9.51. The van der Waals surface area contributed by atoms with Gasteiger partial charge >= 0.3 is 5.97 Å². The monoisotopic (exact) mass is 251 g/mol. The van der Waals surface area contributed by atoms with Crippen molar-refractivity contribution in [2.24, 2.45) is 0 Å². The van der Waals surface area contributed by atoms with Crippen molar-refractivity contribution in [3.8, 4) is 0 Å². The van der Waals surface area contributed by atoms with Crippen LogP contribution in [0.1, 0.15) is 12.8 Å². The number of para-hydroxylation sites is 2. The predicted octanol–water partition coefficient (Wildman–Crippen LogP) is 2.62. The summed E-state index contributed by atoms with van der Waals surface area (Å²) < 4.78 is 10.4. The molecule has 0 aliphatic carbocycles. The third-order valence-corrected chi connectivity index (χ3v) is 2.98. The maximum absolute atomic E-state index is 11.1. The fourth-order valence-corrected chi connectivity index (χ4v) is 2.06. The van der Waals surface area contributed by atoms with Gasteiger partial charge in [-0.2, -0.15) is 0 Å². The van der Waals surface area contributed by atoms with Crippen molar-refractivity contribution in [1.29, 1.82) is 0 Å². The molecule has 0 radical (unpaired) electrons. The van der Waals surface area contributed by atoms with E-state index in [1.807, 2.05) is 24.3 Å². The molecule has 0 aliphatic rings. The number of carbonyl (C=O) groups excluding carboxylic acids is 1. The number of benzene rings is 1. The second kappa shape index (κ2) is 5.72. The third kappa shape index (κ3) is 3.23. The van der Waals surface area contributed by atoms with Crippen LogP contribution in [0.4, 0.5) is 0 Å². The van der Waals surface area contributed by atoms with E-state index in [-0.39, 0.29) is 5.97 Å². The van der Waals surface area contributed by atoms with Gasteiger partial charge < -0.3 is 9.15 Å². The Balaban J connectivity index is 1.89. The smallest absolute Gasteiger partial charge is 0.315 e. The van der Waals surface area contributed by atoms with E-state index in [0.717, 1.165) is 11.1 Å². The van der Waals surface area contributed by atoms with Crippen molar-refractivity contribution in [1.82, 2.24) is 4.98 Å². The summed E-state index contributed by atoms with van der Waals surface area (Å²) in [6, 6.07) is 7.60. The minimum absolute atomic E-state index is 0.200. The number of thioether (sulfide) groups is 1. The van der Waals surface area contributed by atoms with E-state index in [1.54, 1.807) is 6.92 Å². The second-order valence-corrected chi connectivity index (χ2v) is 4.36. The molecule has 0 atom stereocenters. The molecule has 1 aromatic carbocycles. The quantitative estimate of drug-likeness (QED) is 0.764. The minimum atomic E-state index is -0.200. The number of hydrogen-bond acceptors (Lipinski definition) is 5. The summed E-state index contributed by atoms with van der Waals surface area (Å²) >= 11 is 1.44. The Morgan fingerprint density at radius 3 is 3.06 bits per heavy atom. The number of rotatable bonds is 5. The highest BCUT2D eigenvalue weighted by Gasteiger charge is 2.07. The molecule has 17 heavy (non-hydrogen) atoms. The predicted molar refractivity (Wildman–Crippen MR) is 66.8 cm³/mol. The molecule has 0 bridgehead atoms. The number of aromatic nitrogens is 1. The van der Waals surface area contributed by atoms with Crippen molar-refractivity contribution in [3.63, 3.8) is 0 Å². The van der Waals surface area contributed by atoms with Crippen LogP contribution in [0, 0.1) is 0 Å². The zero-order valence-corrected chi connectivity index (χ0v) is 10.3. The largest absolute Gasteiger partial charge is 0.465 e. The van der Waals surface area contributed by atoms with Gasteiger partial charge in [0.05, 0.1) is 18.1 Å². The first-order valence-electron chi connectivity index (χ1n) is 5.37. The Kier molecular flexibility index (Phi) is 4.03. The molecule has 0 saturated heterocycles. The van der Waals surface area contributed by atoms with Gasteiger partial charge in [-0.25, -0.2) is 4.98 Å². The average molecular weight is 251 g/mol. The molecular formula is C12H13NO3S. The van der Waals surface area contributed by atoms with Gasteiger partial charge in [0.15, 0.2) is 5.58 Å². The Hall–Kier alpha value is -1.49. The first-order chi connectivity index (χ1) is 8.29. The summed E-state index contributed by atoms with van der Waals surface area (Å²) in [6.45, 7) is 2.21. The van der Waals surface area contributed by atoms with Crippen LogP contribution in [-0.2, 0) is 15.3 Å². The topological polar surface area (TPSA) is 52.3 Å². The van der Waals surface area contributed by atoms with Gasteiger partial charge in [0, 0.05) is 0 Å². The van der Waals surface area contributed by atoms with Gasteiger partial charge in [-0.1, -0.05) is 12.1 Å². The summed E-state index contributed by atoms with van der Waals surface area (Å²) in [5.74, 6) is 1.34. The number of esters is 1. The normalized spacial score (nSPS) is 10.6. The molecule has 5 heteroatoms. The highest BCUT2D eigenvalue weighted by molar-refractivity contribution is 7.99. The van der Waals surface area contributed by atoms with E-state index in [1.165, 1.54) is 11.8 Å². The molecule has 1 aromatic heterocycles. The van der Waals surface area contributed by atoms with E-state index < -0.39 is 0 Å². The maximum atomic E-state index is 11.1. The van der Waals surface area contributed by atoms with Crippen LogP contribution in [0.5, 0.6) is 0 Å². The van der Waals surface area contributed by atoms with Crippen molar-refractivity contribution in [2.45, 2.75) is 12.7 Å². The van der Waals surface area contributed by atoms with Crippen LogP contribution >= 0.6 is 11.8 Å². The molecule has 90 valence electrons. The van der Waals surface area contributed by atoms with E-state index in [2.05, 4.69) is 4.98 Å². The minimum Gasteiger partial charge on any atom is -0.465 e. The number of hydrogen-bond donors (Lipinski definition) is 0. The lowest BCUT2D eigenvalue weighted by Gasteiger charge is -1.99. The van der Waals surface area contributed by atoms with Gasteiger partial charge in [0.25, 0.3) is 0 Å². The molecule has 0 spiro atoms. The highest BCUT2D eigenvalue weighted by atomic mass is 32.2. The van der Waals surface area contributed by atoms with Crippen LogP contribution in [0.2, 0.25) is 0 Å². The second-order valence-electron chi connectivity index (χ2n) is 3.37. The van der Waals surface area contributed by atoms with Crippen molar-refractivity contribution in [2.75, 3.05) is 12.4 Å². The average Bonchev–Trinajstić information content (AvgIpc) is 2.71.